The quantitative estimate of drug-likeness (QED) is 0.319. The molecule has 0 radical (unpaired) electrons. The van der Waals surface area contributed by atoms with Crippen LogP contribution in [-0.2, 0) is 15.9 Å². The number of benzene rings is 2. The summed E-state index contributed by atoms with van der Waals surface area (Å²) in [5, 5.41) is 55.3. The summed E-state index contributed by atoms with van der Waals surface area (Å²) in [5.74, 6) is -2.94. The zero-order chi connectivity index (χ0) is 27.7. The van der Waals surface area contributed by atoms with Crippen molar-refractivity contribution in [1.29, 1.82) is 0 Å². The minimum absolute atomic E-state index is 0.0328. The van der Waals surface area contributed by atoms with E-state index in [0.717, 1.165) is 0 Å². The number of phenolic OH excluding ortho intramolecular Hbond substituents is 3. The van der Waals surface area contributed by atoms with Gasteiger partial charge < -0.3 is 39.9 Å². The van der Waals surface area contributed by atoms with Crippen LogP contribution in [0, 0.1) is 0 Å². The number of likely N-dealkylation sites (N-methyl/N-ethyl adjacent to an activating group) is 1. The van der Waals surface area contributed by atoms with Crippen molar-refractivity contribution < 1.29 is 44.6 Å². The van der Waals surface area contributed by atoms with Crippen molar-refractivity contribution in [3.8, 4) is 17.2 Å². The number of fused-ring (bicyclic) bond motifs is 3. The average Bonchev–Trinajstić information content (AvgIpc) is 2.87. The Balaban J connectivity index is 1.65. The molecule has 0 unspecified atom stereocenters. The number of aliphatic hydroxyl groups excluding tert-OH is 1. The lowest BCUT2D eigenvalue weighted by Gasteiger charge is -2.46. The van der Waals surface area contributed by atoms with Crippen molar-refractivity contribution in [3.63, 3.8) is 0 Å². The molecule has 0 aromatic heterocycles. The molecule has 1 fully saturated rings. The summed E-state index contributed by atoms with van der Waals surface area (Å²) in [6.45, 7) is 3.48. The first-order chi connectivity index (χ1) is 17.9. The third kappa shape index (κ3) is 3.82. The second-order valence-electron chi connectivity index (χ2n) is 10.7. The summed E-state index contributed by atoms with van der Waals surface area (Å²) >= 11 is 0. The predicted octanol–water partition coefficient (Wildman–Crippen LogP) is 2.15. The van der Waals surface area contributed by atoms with Crippen molar-refractivity contribution in [1.82, 2.24) is 4.90 Å². The number of aliphatic hydroxyl groups is 2. The van der Waals surface area contributed by atoms with Crippen LogP contribution in [0.4, 0.5) is 0 Å². The number of carbonyl (C=O) groups is 2. The lowest BCUT2D eigenvalue weighted by atomic mass is 9.71. The predicted molar refractivity (Wildman–Crippen MR) is 135 cm³/mol. The highest BCUT2D eigenvalue weighted by molar-refractivity contribution is 6.31. The molecule has 5 N–H and O–H groups in total. The second-order valence-corrected chi connectivity index (χ2v) is 10.7. The minimum Gasteiger partial charge on any atom is -0.507 e. The smallest absolute Gasteiger partial charge is 0.202 e. The van der Waals surface area contributed by atoms with E-state index in [1.54, 1.807) is 13.8 Å². The molecule has 10 heteroatoms. The summed E-state index contributed by atoms with van der Waals surface area (Å²) in [6.07, 6.45) is -2.64. The van der Waals surface area contributed by atoms with Crippen LogP contribution in [0.15, 0.2) is 18.2 Å². The van der Waals surface area contributed by atoms with Crippen LogP contribution in [0.2, 0.25) is 0 Å². The average molecular weight is 528 g/mol. The molecule has 3 aliphatic rings. The highest BCUT2D eigenvalue weighted by Crippen LogP contribution is 2.53. The molecule has 6 atom stereocenters. The molecule has 1 heterocycles. The van der Waals surface area contributed by atoms with Gasteiger partial charge in [-0.1, -0.05) is 19.1 Å². The first kappa shape index (κ1) is 26.6. The number of carbonyl (C=O) groups excluding carboxylic acids is 2. The number of nitrogens with zero attached hydrogens (tertiary/aromatic N) is 1. The number of ether oxygens (including phenoxy) is 2. The first-order valence-electron chi connectivity index (χ1n) is 12.8. The standard InChI is InChI=1S/C28H33NO9/c1-5-28(36)10-9-14-19(27(28)38-17-11-15(29(3)4)22(31)12(2)37-17)26(35)21-20(24(14)33)25(34)18-13(23(21)32)7-6-8-16(18)30/h6-8,12,15,17,22,27,30-31,33,35-36H,5,9-11H2,1-4H3/t12-,15-,17-,22+,27+,28-/m1/s1. The van der Waals surface area contributed by atoms with Gasteiger partial charge in [0.2, 0.25) is 5.78 Å². The summed E-state index contributed by atoms with van der Waals surface area (Å²) < 4.78 is 12.2. The molecular formula is C28H33NO9. The maximum atomic E-state index is 13.5. The number of ketones is 2. The number of hydrogen-bond donors (Lipinski definition) is 5. The lowest BCUT2D eigenvalue weighted by molar-refractivity contribution is -0.276. The normalized spacial score (nSPS) is 30.7. The fourth-order valence-corrected chi connectivity index (χ4v) is 6.08. The third-order valence-electron chi connectivity index (χ3n) is 8.36. The molecule has 0 bridgehead atoms. The molecule has 10 nitrogen and oxygen atoms in total. The molecule has 1 saturated heterocycles. The Hall–Kier alpha value is -3.02. The summed E-state index contributed by atoms with van der Waals surface area (Å²) in [5.41, 5.74) is -2.34. The number of rotatable bonds is 4. The van der Waals surface area contributed by atoms with Gasteiger partial charge in [0.25, 0.3) is 0 Å². The molecule has 0 amide bonds. The molecule has 2 aromatic carbocycles. The largest absolute Gasteiger partial charge is 0.507 e. The van der Waals surface area contributed by atoms with Gasteiger partial charge in [-0.15, -0.1) is 0 Å². The second kappa shape index (κ2) is 9.32. The molecular weight excluding hydrogens is 494 g/mol. The first-order valence-corrected chi connectivity index (χ1v) is 12.8. The van der Waals surface area contributed by atoms with Crippen molar-refractivity contribution in [3.05, 3.63) is 51.6 Å². The molecule has 0 saturated carbocycles. The van der Waals surface area contributed by atoms with Crippen molar-refractivity contribution >= 4 is 11.6 Å². The fourth-order valence-electron chi connectivity index (χ4n) is 6.08. The Morgan fingerprint density at radius 3 is 2.42 bits per heavy atom. The van der Waals surface area contributed by atoms with Gasteiger partial charge in [-0.05, 0) is 46.3 Å². The third-order valence-corrected chi connectivity index (χ3v) is 8.36. The van der Waals surface area contributed by atoms with E-state index in [2.05, 4.69) is 0 Å². The fraction of sp³-hybridized carbons (Fsp3) is 0.500. The molecule has 2 aliphatic carbocycles. The maximum absolute atomic E-state index is 13.5. The maximum Gasteiger partial charge on any atom is 0.202 e. The van der Waals surface area contributed by atoms with Crippen molar-refractivity contribution in [2.75, 3.05) is 14.1 Å². The monoisotopic (exact) mass is 527 g/mol. The Bertz CT molecular complexity index is 1320. The number of aromatic hydroxyl groups is 3. The van der Waals surface area contributed by atoms with Crippen LogP contribution in [0.1, 0.15) is 82.2 Å². The zero-order valence-corrected chi connectivity index (χ0v) is 21.8. The van der Waals surface area contributed by atoms with E-state index in [4.69, 9.17) is 9.47 Å². The highest BCUT2D eigenvalue weighted by Gasteiger charge is 2.50. The zero-order valence-electron chi connectivity index (χ0n) is 21.8. The molecule has 38 heavy (non-hydrogen) atoms. The SMILES string of the molecule is CC[C@@]1(O)CCc2c(O)c3c(c(O)c2[C@@H]1O[C@@H]1C[C@@H](N(C)C)[C@@H](O)[C@@H](C)O1)C(=O)c1cccc(O)c1C3=O. The molecule has 5 rings (SSSR count). The van der Waals surface area contributed by atoms with E-state index in [0.29, 0.717) is 0 Å². The van der Waals surface area contributed by atoms with Crippen LogP contribution in [-0.4, -0.2) is 86.2 Å². The molecule has 204 valence electrons. The van der Waals surface area contributed by atoms with Gasteiger partial charge in [-0.3, -0.25) is 9.59 Å². The van der Waals surface area contributed by atoms with Crippen LogP contribution < -0.4 is 0 Å². The van der Waals surface area contributed by atoms with E-state index in [9.17, 15) is 35.1 Å². The van der Waals surface area contributed by atoms with E-state index in [-0.39, 0.29) is 59.5 Å². The molecule has 1 aliphatic heterocycles. The Morgan fingerprint density at radius 1 is 1.08 bits per heavy atom. The van der Waals surface area contributed by atoms with Gasteiger partial charge in [0, 0.05) is 29.2 Å². The summed E-state index contributed by atoms with van der Waals surface area (Å²) in [7, 11) is 3.66. The van der Waals surface area contributed by atoms with Gasteiger partial charge in [-0.25, -0.2) is 0 Å². The van der Waals surface area contributed by atoms with Crippen LogP contribution in [0.25, 0.3) is 0 Å². The highest BCUT2D eigenvalue weighted by atomic mass is 16.7. The summed E-state index contributed by atoms with van der Waals surface area (Å²) in [4.78, 5) is 28.7. The number of hydrogen-bond acceptors (Lipinski definition) is 10. The van der Waals surface area contributed by atoms with Gasteiger partial charge in [-0.2, -0.15) is 0 Å². The van der Waals surface area contributed by atoms with Crippen LogP contribution >= 0.6 is 0 Å². The van der Waals surface area contributed by atoms with E-state index >= 15 is 0 Å². The summed E-state index contributed by atoms with van der Waals surface area (Å²) in [6, 6.07) is 3.77. The Morgan fingerprint density at radius 2 is 1.76 bits per heavy atom. The number of phenols is 3. The van der Waals surface area contributed by atoms with Gasteiger partial charge in [0.05, 0.1) is 34.5 Å². The topological polar surface area (TPSA) is 157 Å². The minimum atomic E-state index is -1.47. The van der Waals surface area contributed by atoms with Crippen molar-refractivity contribution in [2.24, 2.45) is 0 Å². The van der Waals surface area contributed by atoms with E-state index in [1.165, 1.54) is 18.2 Å². The van der Waals surface area contributed by atoms with Gasteiger partial charge in [0.1, 0.15) is 23.4 Å². The lowest BCUT2D eigenvalue weighted by Crippen LogP contribution is -2.54. The Labute approximate surface area is 220 Å². The van der Waals surface area contributed by atoms with Crippen LogP contribution in [0.5, 0.6) is 17.2 Å². The molecule has 2 aromatic rings. The van der Waals surface area contributed by atoms with Gasteiger partial charge >= 0.3 is 0 Å². The Kier molecular flexibility index (Phi) is 6.52. The van der Waals surface area contributed by atoms with Crippen LogP contribution in [0.3, 0.4) is 0 Å². The van der Waals surface area contributed by atoms with Crippen molar-refractivity contribution in [2.45, 2.75) is 75.8 Å². The van der Waals surface area contributed by atoms with Gasteiger partial charge in [0.15, 0.2) is 12.1 Å². The molecule has 0 spiro atoms. The van der Waals surface area contributed by atoms with E-state index in [1.807, 2.05) is 19.0 Å². The van der Waals surface area contributed by atoms with E-state index < -0.39 is 64.6 Å².